The quantitative estimate of drug-likeness (QED) is 0.740. The van der Waals surface area contributed by atoms with E-state index in [-0.39, 0.29) is 12.5 Å². The highest BCUT2D eigenvalue weighted by atomic mass is 16.5. The molecule has 0 aliphatic heterocycles. The first kappa shape index (κ1) is 11.0. The molecule has 3 heteroatoms. The van der Waals surface area contributed by atoms with Crippen LogP contribution in [-0.4, -0.2) is 25.4 Å². The molecule has 1 aromatic carbocycles. The Bertz CT molecular complexity index is 276. The number of hydrogen-bond acceptors (Lipinski definition) is 3. The summed E-state index contributed by atoms with van der Waals surface area (Å²) in [4.78, 5) is 0. The van der Waals surface area contributed by atoms with Crippen LogP contribution in [0.5, 0.6) is 5.75 Å². The Kier molecular flexibility index (Phi) is 4.43. The summed E-state index contributed by atoms with van der Waals surface area (Å²) < 4.78 is 5.11. The highest BCUT2D eigenvalue weighted by Gasteiger charge is 2.09. The third kappa shape index (κ3) is 2.72. The van der Waals surface area contributed by atoms with Crippen LogP contribution in [0.25, 0.3) is 0 Å². The number of ether oxygens (including phenoxy) is 1. The minimum Gasteiger partial charge on any atom is -0.497 e. The van der Waals surface area contributed by atoms with Crippen LogP contribution in [0, 0.1) is 0 Å². The molecule has 0 amide bonds. The lowest BCUT2D eigenvalue weighted by Gasteiger charge is -2.14. The van der Waals surface area contributed by atoms with Gasteiger partial charge in [0.2, 0.25) is 0 Å². The SMILES string of the molecule is COc1cccc(C(CO)CCN)c1. The third-order valence-corrected chi connectivity index (χ3v) is 2.30. The van der Waals surface area contributed by atoms with Crippen molar-refractivity contribution in [2.45, 2.75) is 12.3 Å². The molecule has 0 bridgehead atoms. The maximum absolute atomic E-state index is 9.18. The minimum atomic E-state index is 0.120. The number of methoxy groups -OCH3 is 1. The fourth-order valence-corrected chi connectivity index (χ4v) is 1.46. The molecule has 1 atom stereocenters. The summed E-state index contributed by atoms with van der Waals surface area (Å²) in [6.07, 6.45) is 0.795. The van der Waals surface area contributed by atoms with E-state index < -0.39 is 0 Å². The Labute approximate surface area is 84.5 Å². The van der Waals surface area contributed by atoms with E-state index in [0.717, 1.165) is 17.7 Å². The zero-order chi connectivity index (χ0) is 10.4. The first-order valence-electron chi connectivity index (χ1n) is 4.76. The Morgan fingerprint density at radius 2 is 2.29 bits per heavy atom. The molecule has 0 heterocycles. The van der Waals surface area contributed by atoms with Gasteiger partial charge in [0, 0.05) is 12.5 Å². The highest BCUT2D eigenvalue weighted by molar-refractivity contribution is 5.30. The van der Waals surface area contributed by atoms with Gasteiger partial charge in [-0.3, -0.25) is 0 Å². The normalized spacial score (nSPS) is 12.5. The summed E-state index contributed by atoms with van der Waals surface area (Å²) in [5.74, 6) is 0.938. The van der Waals surface area contributed by atoms with Crippen molar-refractivity contribution in [3.05, 3.63) is 29.8 Å². The number of hydrogen-bond donors (Lipinski definition) is 2. The molecule has 1 rings (SSSR count). The van der Waals surface area contributed by atoms with E-state index >= 15 is 0 Å². The lowest BCUT2D eigenvalue weighted by molar-refractivity contribution is 0.260. The molecule has 0 aromatic heterocycles. The average molecular weight is 195 g/mol. The Morgan fingerprint density at radius 1 is 1.50 bits per heavy atom. The van der Waals surface area contributed by atoms with Gasteiger partial charge in [-0.15, -0.1) is 0 Å². The molecule has 3 nitrogen and oxygen atoms in total. The zero-order valence-corrected chi connectivity index (χ0v) is 8.44. The van der Waals surface area contributed by atoms with Gasteiger partial charge in [-0.1, -0.05) is 12.1 Å². The largest absolute Gasteiger partial charge is 0.497 e. The van der Waals surface area contributed by atoms with Crippen molar-refractivity contribution in [1.82, 2.24) is 0 Å². The van der Waals surface area contributed by atoms with Crippen molar-refractivity contribution < 1.29 is 9.84 Å². The first-order chi connectivity index (χ1) is 6.81. The van der Waals surface area contributed by atoms with Gasteiger partial charge < -0.3 is 15.6 Å². The Balaban J connectivity index is 2.80. The third-order valence-electron chi connectivity index (χ3n) is 2.30. The lowest BCUT2D eigenvalue weighted by atomic mass is 9.96. The topological polar surface area (TPSA) is 55.5 Å². The van der Waals surface area contributed by atoms with Crippen molar-refractivity contribution in [2.75, 3.05) is 20.3 Å². The number of benzene rings is 1. The van der Waals surface area contributed by atoms with Gasteiger partial charge in [0.15, 0.2) is 0 Å². The van der Waals surface area contributed by atoms with Crippen LogP contribution in [0.3, 0.4) is 0 Å². The number of aliphatic hydroxyl groups is 1. The van der Waals surface area contributed by atoms with Gasteiger partial charge >= 0.3 is 0 Å². The maximum atomic E-state index is 9.18. The van der Waals surface area contributed by atoms with E-state index in [1.807, 2.05) is 24.3 Å². The van der Waals surface area contributed by atoms with Crippen LogP contribution in [0.1, 0.15) is 17.9 Å². The second-order valence-corrected chi connectivity index (χ2v) is 3.23. The summed E-state index contributed by atoms with van der Waals surface area (Å²) in [7, 11) is 1.63. The molecule has 1 unspecified atom stereocenters. The smallest absolute Gasteiger partial charge is 0.119 e. The van der Waals surface area contributed by atoms with Crippen molar-refractivity contribution in [2.24, 2.45) is 5.73 Å². The Morgan fingerprint density at radius 3 is 2.86 bits per heavy atom. The van der Waals surface area contributed by atoms with Crippen molar-refractivity contribution >= 4 is 0 Å². The van der Waals surface area contributed by atoms with E-state index in [2.05, 4.69) is 0 Å². The van der Waals surface area contributed by atoms with Crippen LogP contribution < -0.4 is 10.5 Å². The van der Waals surface area contributed by atoms with E-state index in [9.17, 15) is 5.11 Å². The van der Waals surface area contributed by atoms with Gasteiger partial charge in [0.1, 0.15) is 5.75 Å². The number of aliphatic hydroxyl groups excluding tert-OH is 1. The fourth-order valence-electron chi connectivity index (χ4n) is 1.46. The van der Waals surface area contributed by atoms with Gasteiger partial charge in [0.05, 0.1) is 7.11 Å². The average Bonchev–Trinajstić information content (AvgIpc) is 2.26. The first-order valence-corrected chi connectivity index (χ1v) is 4.76. The van der Waals surface area contributed by atoms with Crippen LogP contribution >= 0.6 is 0 Å². The molecular formula is C11H17NO2. The molecule has 0 fully saturated rings. The molecule has 1 aromatic rings. The van der Waals surface area contributed by atoms with Gasteiger partial charge in [-0.2, -0.15) is 0 Å². The van der Waals surface area contributed by atoms with Crippen LogP contribution in [-0.2, 0) is 0 Å². The fraction of sp³-hybridized carbons (Fsp3) is 0.455. The van der Waals surface area contributed by atoms with E-state index in [0.29, 0.717) is 6.54 Å². The zero-order valence-electron chi connectivity index (χ0n) is 8.44. The summed E-state index contributed by atoms with van der Waals surface area (Å²) >= 11 is 0. The van der Waals surface area contributed by atoms with Crippen molar-refractivity contribution in [3.8, 4) is 5.75 Å². The number of nitrogens with two attached hydrogens (primary N) is 1. The van der Waals surface area contributed by atoms with Crippen molar-refractivity contribution in [1.29, 1.82) is 0 Å². The van der Waals surface area contributed by atoms with Crippen LogP contribution in [0.4, 0.5) is 0 Å². The maximum Gasteiger partial charge on any atom is 0.119 e. The predicted octanol–water partition coefficient (Wildman–Crippen LogP) is 1.12. The van der Waals surface area contributed by atoms with E-state index in [4.69, 9.17) is 10.5 Å². The molecule has 0 radical (unpaired) electrons. The molecule has 14 heavy (non-hydrogen) atoms. The van der Waals surface area contributed by atoms with Crippen LogP contribution in [0.2, 0.25) is 0 Å². The molecule has 3 N–H and O–H groups in total. The second-order valence-electron chi connectivity index (χ2n) is 3.23. The van der Waals surface area contributed by atoms with Gasteiger partial charge in [-0.25, -0.2) is 0 Å². The molecule has 0 aliphatic carbocycles. The van der Waals surface area contributed by atoms with E-state index in [1.54, 1.807) is 7.11 Å². The molecule has 0 spiro atoms. The monoisotopic (exact) mass is 195 g/mol. The summed E-state index contributed by atoms with van der Waals surface area (Å²) in [5, 5.41) is 9.18. The van der Waals surface area contributed by atoms with E-state index in [1.165, 1.54) is 0 Å². The van der Waals surface area contributed by atoms with Crippen LogP contribution in [0.15, 0.2) is 24.3 Å². The summed E-state index contributed by atoms with van der Waals surface area (Å²) in [6, 6.07) is 7.74. The molecule has 0 aliphatic rings. The predicted molar refractivity (Wildman–Crippen MR) is 56.5 cm³/mol. The summed E-state index contributed by atoms with van der Waals surface area (Å²) in [6.45, 7) is 0.715. The van der Waals surface area contributed by atoms with Crippen molar-refractivity contribution in [3.63, 3.8) is 0 Å². The van der Waals surface area contributed by atoms with Gasteiger partial charge in [-0.05, 0) is 30.7 Å². The highest BCUT2D eigenvalue weighted by Crippen LogP contribution is 2.22. The minimum absolute atomic E-state index is 0.120. The molecule has 0 saturated heterocycles. The second kappa shape index (κ2) is 5.62. The molecular weight excluding hydrogens is 178 g/mol. The summed E-state index contributed by atoms with van der Waals surface area (Å²) in [5.41, 5.74) is 6.55. The Hall–Kier alpha value is -1.06. The standard InChI is InChI=1S/C11H17NO2/c1-14-11-4-2-3-9(7-11)10(8-13)5-6-12/h2-4,7,10,13H,5-6,8,12H2,1H3. The molecule has 78 valence electrons. The van der Waals surface area contributed by atoms with Gasteiger partial charge in [0.25, 0.3) is 0 Å². The lowest BCUT2D eigenvalue weighted by Crippen LogP contribution is -2.10. The molecule has 0 saturated carbocycles. The number of rotatable bonds is 5.